The van der Waals surface area contributed by atoms with Gasteiger partial charge in [-0.2, -0.15) is 0 Å². The molecule has 2 aromatic carbocycles. The topological polar surface area (TPSA) is 67.8 Å². The summed E-state index contributed by atoms with van der Waals surface area (Å²) in [6.07, 6.45) is 0.0878. The van der Waals surface area contributed by atoms with Gasteiger partial charge in [-0.1, -0.05) is 25.1 Å². The highest BCUT2D eigenvalue weighted by molar-refractivity contribution is 5.84. The fourth-order valence-corrected chi connectivity index (χ4v) is 2.37. The molecule has 5 nitrogen and oxygen atoms in total. The first-order chi connectivity index (χ1) is 12.9. The van der Waals surface area contributed by atoms with Crippen LogP contribution in [0, 0.1) is 17.6 Å². The van der Waals surface area contributed by atoms with Crippen molar-refractivity contribution in [2.45, 2.75) is 13.0 Å². The summed E-state index contributed by atoms with van der Waals surface area (Å²) in [7, 11) is 0. The van der Waals surface area contributed by atoms with E-state index in [2.05, 4.69) is 11.9 Å². The number of hydrogen-bond acceptors (Lipinski definition) is 4. The summed E-state index contributed by atoms with van der Waals surface area (Å²) in [5, 5.41) is 11.0. The molecular formula is C20H21F2NO4. The molecule has 0 aliphatic heterocycles. The molecule has 1 amide bonds. The van der Waals surface area contributed by atoms with E-state index in [1.54, 1.807) is 30.3 Å². The number of benzene rings is 2. The second-order valence-corrected chi connectivity index (χ2v) is 5.81. The molecule has 0 unspecified atom stereocenters. The molecule has 0 aliphatic carbocycles. The third kappa shape index (κ3) is 5.79. The van der Waals surface area contributed by atoms with Gasteiger partial charge in [-0.3, -0.25) is 5.32 Å². The van der Waals surface area contributed by atoms with Crippen molar-refractivity contribution in [1.82, 2.24) is 0 Å². The zero-order valence-corrected chi connectivity index (χ0v) is 14.8. The van der Waals surface area contributed by atoms with Crippen LogP contribution in [0.3, 0.4) is 0 Å². The molecule has 2 rings (SSSR count). The molecule has 0 spiro atoms. The Bertz CT molecular complexity index is 780. The third-order valence-corrected chi connectivity index (χ3v) is 3.82. The quantitative estimate of drug-likeness (QED) is 0.667. The van der Waals surface area contributed by atoms with Gasteiger partial charge in [0.2, 0.25) is 0 Å². The molecule has 2 aromatic rings. The zero-order valence-electron chi connectivity index (χ0n) is 14.8. The molecule has 0 saturated carbocycles. The van der Waals surface area contributed by atoms with Crippen LogP contribution in [0.1, 0.15) is 18.6 Å². The average molecular weight is 377 g/mol. The lowest BCUT2D eigenvalue weighted by atomic mass is 9.97. The van der Waals surface area contributed by atoms with Gasteiger partial charge in [0, 0.05) is 12.0 Å². The first kappa shape index (κ1) is 20.4. The number of aliphatic hydroxyl groups is 1. The minimum Gasteiger partial charge on any atom is -0.491 e. The van der Waals surface area contributed by atoms with Crippen molar-refractivity contribution in [3.63, 3.8) is 0 Å². The molecule has 7 heteroatoms. The fraction of sp³-hybridized carbons (Fsp3) is 0.250. The van der Waals surface area contributed by atoms with E-state index in [9.17, 15) is 13.6 Å². The van der Waals surface area contributed by atoms with Crippen molar-refractivity contribution in [1.29, 1.82) is 0 Å². The maximum Gasteiger partial charge on any atom is 0.412 e. The van der Waals surface area contributed by atoms with Crippen molar-refractivity contribution in [2.24, 2.45) is 5.92 Å². The van der Waals surface area contributed by atoms with E-state index in [-0.39, 0.29) is 24.8 Å². The van der Waals surface area contributed by atoms with Crippen molar-refractivity contribution < 1.29 is 28.2 Å². The number of ether oxygens (including phenoxy) is 2. The average Bonchev–Trinajstić information content (AvgIpc) is 2.66. The van der Waals surface area contributed by atoms with Gasteiger partial charge in [0.25, 0.3) is 0 Å². The highest BCUT2D eigenvalue weighted by atomic mass is 19.1. The van der Waals surface area contributed by atoms with Crippen LogP contribution in [-0.4, -0.2) is 24.4 Å². The van der Waals surface area contributed by atoms with E-state index >= 15 is 0 Å². The summed E-state index contributed by atoms with van der Waals surface area (Å²) >= 11 is 0. The van der Waals surface area contributed by atoms with Gasteiger partial charge < -0.3 is 14.6 Å². The Morgan fingerprint density at radius 2 is 1.96 bits per heavy atom. The summed E-state index contributed by atoms with van der Waals surface area (Å²) in [4.78, 5) is 12.2. The lowest BCUT2D eigenvalue weighted by molar-refractivity contribution is 0.0896. The molecule has 0 aromatic heterocycles. The molecule has 0 fully saturated rings. The highest BCUT2D eigenvalue weighted by Gasteiger charge is 2.22. The molecule has 2 atom stereocenters. The number of halogens is 2. The Morgan fingerprint density at radius 1 is 1.26 bits per heavy atom. The maximum absolute atomic E-state index is 13.7. The number of anilines is 1. The van der Waals surface area contributed by atoms with Gasteiger partial charge in [0.05, 0.1) is 12.3 Å². The van der Waals surface area contributed by atoms with Crippen LogP contribution in [0.5, 0.6) is 5.75 Å². The van der Waals surface area contributed by atoms with E-state index < -0.39 is 23.8 Å². The Morgan fingerprint density at radius 3 is 2.56 bits per heavy atom. The number of carbonyl (C=O) groups is 1. The summed E-state index contributed by atoms with van der Waals surface area (Å²) in [6.45, 7) is 5.61. The molecule has 144 valence electrons. The molecule has 27 heavy (non-hydrogen) atoms. The fourth-order valence-electron chi connectivity index (χ4n) is 2.37. The smallest absolute Gasteiger partial charge is 0.412 e. The van der Waals surface area contributed by atoms with Crippen LogP contribution in [0.4, 0.5) is 19.3 Å². The van der Waals surface area contributed by atoms with Crippen molar-refractivity contribution in [3.8, 4) is 5.75 Å². The van der Waals surface area contributed by atoms with E-state index in [4.69, 9.17) is 14.6 Å². The standard InChI is InChI=1S/C20H21F2NO4/c1-3-13(2)19(14-4-7-16(8-5-14)26-11-10-24)27-20(25)23-18-9-6-15(21)12-17(18)22/h3-9,12-13,19,24H,1,10-11H2,2H3,(H,23,25)/t13-,19-/m0/s1. The number of rotatable bonds is 8. The number of nitrogens with one attached hydrogen (secondary N) is 1. The van der Waals surface area contributed by atoms with Gasteiger partial charge in [-0.15, -0.1) is 6.58 Å². The summed E-state index contributed by atoms with van der Waals surface area (Å²) in [5.41, 5.74) is 0.507. The second-order valence-electron chi connectivity index (χ2n) is 5.81. The SMILES string of the molecule is C=C[C@H](C)[C@H](OC(=O)Nc1ccc(F)cc1F)c1ccc(OCCO)cc1. The molecule has 0 aliphatic rings. The van der Waals surface area contributed by atoms with Crippen LogP contribution in [0.15, 0.2) is 55.1 Å². The van der Waals surface area contributed by atoms with Crippen molar-refractivity contribution in [2.75, 3.05) is 18.5 Å². The van der Waals surface area contributed by atoms with Gasteiger partial charge in [-0.25, -0.2) is 13.6 Å². The molecule has 0 saturated heterocycles. The Balaban J connectivity index is 2.11. The van der Waals surface area contributed by atoms with Crippen LogP contribution in [0.2, 0.25) is 0 Å². The molecule has 0 heterocycles. The summed E-state index contributed by atoms with van der Waals surface area (Å²) in [6, 6.07) is 9.65. The number of amides is 1. The Labute approximate surface area is 156 Å². The minimum absolute atomic E-state index is 0.0961. The van der Waals surface area contributed by atoms with E-state index in [1.165, 1.54) is 0 Å². The monoisotopic (exact) mass is 377 g/mol. The largest absolute Gasteiger partial charge is 0.491 e. The third-order valence-electron chi connectivity index (χ3n) is 3.82. The maximum atomic E-state index is 13.7. The second kappa shape index (κ2) is 9.68. The van der Waals surface area contributed by atoms with E-state index in [0.29, 0.717) is 17.4 Å². The summed E-state index contributed by atoms with van der Waals surface area (Å²) in [5.74, 6) is -1.30. The van der Waals surface area contributed by atoms with Crippen molar-refractivity contribution in [3.05, 3.63) is 72.3 Å². The minimum atomic E-state index is -0.898. The Hall–Kier alpha value is -2.93. The first-order valence-corrected chi connectivity index (χ1v) is 8.33. The first-order valence-electron chi connectivity index (χ1n) is 8.33. The molecular weight excluding hydrogens is 356 g/mol. The van der Waals surface area contributed by atoms with Crippen LogP contribution >= 0.6 is 0 Å². The van der Waals surface area contributed by atoms with Crippen molar-refractivity contribution >= 4 is 11.8 Å². The Kier molecular flexibility index (Phi) is 7.31. The predicted molar refractivity (Wildman–Crippen MR) is 97.6 cm³/mol. The van der Waals surface area contributed by atoms with Crippen LogP contribution in [-0.2, 0) is 4.74 Å². The number of aliphatic hydroxyl groups excluding tert-OH is 1. The molecule has 0 bridgehead atoms. The van der Waals surface area contributed by atoms with Gasteiger partial charge >= 0.3 is 6.09 Å². The molecule has 2 N–H and O–H groups in total. The van der Waals surface area contributed by atoms with Crippen LogP contribution < -0.4 is 10.1 Å². The normalized spacial score (nSPS) is 12.7. The van der Waals surface area contributed by atoms with Gasteiger partial charge in [0.15, 0.2) is 0 Å². The van der Waals surface area contributed by atoms with Crippen LogP contribution in [0.25, 0.3) is 0 Å². The number of hydrogen-bond donors (Lipinski definition) is 2. The lowest BCUT2D eigenvalue weighted by Gasteiger charge is -2.23. The van der Waals surface area contributed by atoms with E-state index in [0.717, 1.165) is 12.1 Å². The predicted octanol–water partition coefficient (Wildman–Crippen LogP) is 4.45. The highest BCUT2D eigenvalue weighted by Crippen LogP contribution is 2.29. The lowest BCUT2D eigenvalue weighted by Crippen LogP contribution is -2.21. The molecule has 0 radical (unpaired) electrons. The number of carbonyl (C=O) groups excluding carboxylic acids is 1. The van der Waals surface area contributed by atoms with E-state index in [1.807, 2.05) is 6.92 Å². The van der Waals surface area contributed by atoms with Gasteiger partial charge in [-0.05, 0) is 29.8 Å². The zero-order chi connectivity index (χ0) is 19.8. The van der Waals surface area contributed by atoms with Gasteiger partial charge in [0.1, 0.15) is 30.1 Å². The summed E-state index contributed by atoms with van der Waals surface area (Å²) < 4.78 is 37.4.